The molecule has 0 atom stereocenters. The van der Waals surface area contributed by atoms with E-state index < -0.39 is 12.2 Å². The lowest BCUT2D eigenvalue weighted by Crippen LogP contribution is -2.20. The Bertz CT molecular complexity index is 848. The monoisotopic (exact) mass is 370 g/mol. The molecule has 0 fully saturated rings. The van der Waals surface area contributed by atoms with Crippen LogP contribution in [0, 0.1) is 0 Å². The number of aromatic nitrogens is 1. The molecule has 1 aliphatic rings. The fourth-order valence-electron chi connectivity index (χ4n) is 3.23. The summed E-state index contributed by atoms with van der Waals surface area (Å²) in [5, 5.41) is 3.86. The number of benzene rings is 1. The summed E-state index contributed by atoms with van der Waals surface area (Å²) < 4.78 is 30.3. The summed E-state index contributed by atoms with van der Waals surface area (Å²) in [6.07, 6.45) is -1.98. The Labute approximate surface area is 147 Å². The average Bonchev–Trinajstić information content (AvgIpc) is 3.19. The number of amides is 1. The number of carbonyl (C=O) groups is 2. The summed E-state index contributed by atoms with van der Waals surface area (Å²) in [6.45, 7) is 0.498. The van der Waals surface area contributed by atoms with E-state index in [9.17, 15) is 18.4 Å². The summed E-state index contributed by atoms with van der Waals surface area (Å²) in [5.41, 5.74) is 2.67. The minimum absolute atomic E-state index is 0.232. The van der Waals surface area contributed by atoms with Crippen molar-refractivity contribution in [2.45, 2.75) is 32.1 Å². The van der Waals surface area contributed by atoms with Crippen LogP contribution in [0.4, 0.5) is 8.78 Å². The van der Waals surface area contributed by atoms with E-state index in [0.717, 1.165) is 10.9 Å². The van der Waals surface area contributed by atoms with Gasteiger partial charge in [-0.1, -0.05) is 11.6 Å². The van der Waals surface area contributed by atoms with Crippen LogP contribution in [-0.4, -0.2) is 36.8 Å². The number of carbonyl (C=O) groups excluding carboxylic acids is 2. The number of rotatable bonds is 6. The fraction of sp³-hybridized carbons (Fsp3) is 0.412. The standard InChI is InChI=1S/C17H17ClF2N2O3/c1-21-17(24)14-8(3-2-4-12(23)16(19)20)13-9-5-6-25-15(9)10(18)7-11(13)22-14/h7,16,22H,2-6H2,1H3,(H,21,24). The molecule has 1 aromatic heterocycles. The van der Waals surface area contributed by atoms with Gasteiger partial charge in [-0.3, -0.25) is 9.59 Å². The molecule has 0 unspecified atom stereocenters. The largest absolute Gasteiger partial charge is 0.491 e. The fourth-order valence-corrected chi connectivity index (χ4v) is 3.51. The summed E-state index contributed by atoms with van der Waals surface area (Å²) in [7, 11) is 1.51. The molecule has 25 heavy (non-hydrogen) atoms. The average molecular weight is 371 g/mol. The quantitative estimate of drug-likeness (QED) is 0.819. The van der Waals surface area contributed by atoms with E-state index in [1.807, 2.05) is 0 Å². The molecule has 1 amide bonds. The topological polar surface area (TPSA) is 71.2 Å². The molecule has 2 heterocycles. The molecule has 0 aliphatic carbocycles. The van der Waals surface area contributed by atoms with E-state index in [2.05, 4.69) is 10.3 Å². The highest BCUT2D eigenvalue weighted by molar-refractivity contribution is 6.33. The number of hydrogen-bond donors (Lipinski definition) is 2. The van der Waals surface area contributed by atoms with Crippen LogP contribution in [0.15, 0.2) is 6.07 Å². The lowest BCUT2D eigenvalue weighted by Gasteiger charge is -2.07. The van der Waals surface area contributed by atoms with Crippen LogP contribution in [0.1, 0.15) is 34.5 Å². The summed E-state index contributed by atoms with van der Waals surface area (Å²) in [5.74, 6) is -0.797. The highest BCUT2D eigenvalue weighted by atomic mass is 35.5. The number of Topliss-reactive ketones (excluding diaryl/α,β-unsaturated/α-hetero) is 1. The first-order valence-corrected chi connectivity index (χ1v) is 8.33. The van der Waals surface area contributed by atoms with Crippen molar-refractivity contribution in [2.75, 3.05) is 13.7 Å². The van der Waals surface area contributed by atoms with Crippen LogP contribution in [0.5, 0.6) is 5.75 Å². The van der Waals surface area contributed by atoms with Gasteiger partial charge in [0.2, 0.25) is 0 Å². The molecule has 0 radical (unpaired) electrons. The van der Waals surface area contributed by atoms with Crippen molar-refractivity contribution >= 4 is 34.2 Å². The Morgan fingerprint density at radius 2 is 2.20 bits per heavy atom. The molecule has 2 N–H and O–H groups in total. The zero-order valence-corrected chi connectivity index (χ0v) is 14.3. The minimum Gasteiger partial charge on any atom is -0.491 e. The van der Waals surface area contributed by atoms with E-state index >= 15 is 0 Å². The van der Waals surface area contributed by atoms with Gasteiger partial charge in [-0.2, -0.15) is 0 Å². The maximum absolute atomic E-state index is 12.4. The number of ether oxygens (including phenoxy) is 1. The number of nitrogens with one attached hydrogen (secondary N) is 2. The normalized spacial score (nSPS) is 13.2. The van der Waals surface area contributed by atoms with Crippen LogP contribution in [0.3, 0.4) is 0 Å². The van der Waals surface area contributed by atoms with Crippen molar-refractivity contribution in [1.82, 2.24) is 10.3 Å². The first-order valence-electron chi connectivity index (χ1n) is 7.95. The van der Waals surface area contributed by atoms with Crippen molar-refractivity contribution in [3.63, 3.8) is 0 Å². The first-order chi connectivity index (χ1) is 11.9. The second-order valence-corrected chi connectivity index (χ2v) is 6.27. The van der Waals surface area contributed by atoms with Crippen LogP contribution < -0.4 is 10.1 Å². The van der Waals surface area contributed by atoms with E-state index in [4.69, 9.17) is 16.3 Å². The molecule has 1 aromatic carbocycles. The van der Waals surface area contributed by atoms with Crippen molar-refractivity contribution in [2.24, 2.45) is 0 Å². The van der Waals surface area contributed by atoms with E-state index in [1.165, 1.54) is 7.05 Å². The molecule has 8 heteroatoms. The molecule has 0 saturated carbocycles. The lowest BCUT2D eigenvalue weighted by molar-refractivity contribution is -0.129. The van der Waals surface area contributed by atoms with Gasteiger partial charge in [-0.15, -0.1) is 0 Å². The van der Waals surface area contributed by atoms with Crippen molar-refractivity contribution in [3.8, 4) is 5.75 Å². The molecule has 3 rings (SSSR count). The SMILES string of the molecule is CNC(=O)c1[nH]c2cc(Cl)c3c(c2c1CCCC(=O)C(F)F)CCO3. The number of fused-ring (bicyclic) bond motifs is 3. The lowest BCUT2D eigenvalue weighted by atomic mass is 9.98. The molecule has 0 spiro atoms. The Balaban J connectivity index is 2.03. The molecular weight excluding hydrogens is 354 g/mol. The second-order valence-electron chi connectivity index (χ2n) is 5.87. The van der Waals surface area contributed by atoms with Gasteiger partial charge in [0, 0.05) is 36.4 Å². The van der Waals surface area contributed by atoms with Gasteiger partial charge in [-0.25, -0.2) is 8.78 Å². The minimum atomic E-state index is -2.96. The third kappa shape index (κ3) is 3.20. The Kier molecular flexibility index (Phi) is 4.94. The van der Waals surface area contributed by atoms with Crippen LogP contribution in [0.25, 0.3) is 10.9 Å². The van der Waals surface area contributed by atoms with Gasteiger partial charge in [0.05, 0.1) is 11.6 Å². The van der Waals surface area contributed by atoms with Crippen LogP contribution >= 0.6 is 11.6 Å². The number of ketones is 1. The smallest absolute Gasteiger partial charge is 0.295 e. The number of hydrogen-bond acceptors (Lipinski definition) is 3. The Hall–Kier alpha value is -2.15. The highest BCUT2D eigenvalue weighted by Gasteiger charge is 2.26. The maximum Gasteiger partial charge on any atom is 0.295 e. The Morgan fingerprint density at radius 3 is 2.88 bits per heavy atom. The van der Waals surface area contributed by atoms with E-state index in [1.54, 1.807) is 6.07 Å². The molecule has 0 saturated heterocycles. The molecular formula is C17H17ClF2N2O3. The molecule has 134 valence electrons. The van der Waals surface area contributed by atoms with Crippen molar-refractivity contribution in [3.05, 3.63) is 27.9 Å². The van der Waals surface area contributed by atoms with Gasteiger partial charge in [-0.05, 0) is 24.5 Å². The van der Waals surface area contributed by atoms with Crippen molar-refractivity contribution in [1.29, 1.82) is 0 Å². The van der Waals surface area contributed by atoms with Crippen LogP contribution in [0.2, 0.25) is 5.02 Å². The first kappa shape index (κ1) is 17.7. The zero-order valence-electron chi connectivity index (χ0n) is 13.5. The van der Waals surface area contributed by atoms with Gasteiger partial charge >= 0.3 is 0 Å². The molecule has 2 aromatic rings. The van der Waals surface area contributed by atoms with Gasteiger partial charge < -0.3 is 15.0 Å². The number of halogens is 3. The predicted molar refractivity (Wildman–Crippen MR) is 89.8 cm³/mol. The van der Waals surface area contributed by atoms with Crippen LogP contribution in [-0.2, 0) is 17.6 Å². The van der Waals surface area contributed by atoms with Crippen molar-refractivity contribution < 1.29 is 23.1 Å². The van der Waals surface area contributed by atoms with E-state index in [0.29, 0.717) is 47.0 Å². The second kappa shape index (κ2) is 7.00. The van der Waals surface area contributed by atoms with E-state index in [-0.39, 0.29) is 18.7 Å². The maximum atomic E-state index is 12.4. The van der Waals surface area contributed by atoms with Gasteiger partial charge in [0.15, 0.2) is 5.78 Å². The molecule has 0 bridgehead atoms. The summed E-state index contributed by atoms with van der Waals surface area (Å²) >= 11 is 6.23. The summed E-state index contributed by atoms with van der Waals surface area (Å²) in [4.78, 5) is 26.4. The summed E-state index contributed by atoms with van der Waals surface area (Å²) in [6, 6.07) is 1.70. The number of alkyl halides is 2. The highest BCUT2D eigenvalue weighted by Crippen LogP contribution is 2.41. The van der Waals surface area contributed by atoms with Gasteiger partial charge in [0.1, 0.15) is 11.4 Å². The Morgan fingerprint density at radius 1 is 1.44 bits per heavy atom. The molecule has 5 nitrogen and oxygen atoms in total. The number of aryl methyl sites for hydroxylation is 1. The van der Waals surface area contributed by atoms with Gasteiger partial charge in [0.25, 0.3) is 12.3 Å². The third-order valence-electron chi connectivity index (χ3n) is 4.34. The third-order valence-corrected chi connectivity index (χ3v) is 4.62. The number of H-pyrrole nitrogens is 1. The zero-order chi connectivity index (χ0) is 18.1. The number of aromatic amines is 1. The predicted octanol–water partition coefficient (Wildman–Crippen LogP) is 3.27. The molecule has 1 aliphatic heterocycles.